The van der Waals surface area contributed by atoms with Crippen LogP contribution in [0.5, 0.6) is 0 Å². The molecule has 0 saturated carbocycles. The summed E-state index contributed by atoms with van der Waals surface area (Å²) in [7, 11) is 0. The molecule has 1 N–H and O–H groups in total. The maximum atomic E-state index is 4.38. The zero-order valence-electron chi connectivity index (χ0n) is 10.6. The first-order valence-electron chi connectivity index (χ1n) is 5.88. The van der Waals surface area contributed by atoms with Crippen LogP contribution in [0.1, 0.15) is 22.4 Å². The van der Waals surface area contributed by atoms with Crippen LogP contribution in [0.3, 0.4) is 0 Å². The third kappa shape index (κ3) is 3.06. The summed E-state index contributed by atoms with van der Waals surface area (Å²) in [5, 5.41) is 3.42. The van der Waals surface area contributed by atoms with Gasteiger partial charge in [-0.2, -0.15) is 0 Å². The monoisotopic (exact) mass is 226 g/mol. The molecule has 0 fully saturated rings. The van der Waals surface area contributed by atoms with Crippen LogP contribution in [-0.4, -0.2) is 4.98 Å². The lowest BCUT2D eigenvalue weighted by atomic mass is 10.1. The van der Waals surface area contributed by atoms with Gasteiger partial charge in [-0.3, -0.25) is 4.98 Å². The van der Waals surface area contributed by atoms with Crippen molar-refractivity contribution in [3.05, 3.63) is 58.9 Å². The van der Waals surface area contributed by atoms with Crippen molar-refractivity contribution >= 4 is 5.69 Å². The molecule has 1 aromatic carbocycles. The summed E-state index contributed by atoms with van der Waals surface area (Å²) in [6, 6.07) is 10.6. The molecule has 0 aliphatic rings. The highest BCUT2D eigenvalue weighted by atomic mass is 14.9. The second-order valence-corrected chi connectivity index (χ2v) is 4.50. The number of pyridine rings is 1. The second-order valence-electron chi connectivity index (χ2n) is 4.50. The zero-order chi connectivity index (χ0) is 12.3. The molecule has 2 heteroatoms. The Kier molecular flexibility index (Phi) is 3.43. The lowest BCUT2D eigenvalue weighted by Gasteiger charge is -2.09. The highest BCUT2D eigenvalue weighted by molar-refractivity contribution is 5.48. The topological polar surface area (TPSA) is 24.9 Å². The molecule has 1 heterocycles. The molecule has 2 rings (SSSR count). The summed E-state index contributed by atoms with van der Waals surface area (Å²) in [4.78, 5) is 4.38. The normalized spacial score (nSPS) is 10.3. The average Bonchev–Trinajstić information content (AvgIpc) is 2.27. The fourth-order valence-electron chi connectivity index (χ4n) is 1.97. The van der Waals surface area contributed by atoms with Crippen LogP contribution >= 0.6 is 0 Å². The van der Waals surface area contributed by atoms with Gasteiger partial charge in [-0.15, -0.1) is 0 Å². The molecule has 0 spiro atoms. The van der Waals surface area contributed by atoms with Crippen molar-refractivity contribution in [1.82, 2.24) is 4.98 Å². The van der Waals surface area contributed by atoms with Crippen molar-refractivity contribution in [1.29, 1.82) is 0 Å². The van der Waals surface area contributed by atoms with E-state index in [1.807, 2.05) is 12.3 Å². The summed E-state index contributed by atoms with van der Waals surface area (Å²) in [6.07, 6.45) is 1.84. The van der Waals surface area contributed by atoms with Gasteiger partial charge in [-0.25, -0.2) is 0 Å². The third-order valence-electron chi connectivity index (χ3n) is 2.80. The molecule has 0 bridgehead atoms. The van der Waals surface area contributed by atoms with E-state index in [2.05, 4.69) is 55.3 Å². The summed E-state index contributed by atoms with van der Waals surface area (Å²) >= 11 is 0. The van der Waals surface area contributed by atoms with E-state index in [4.69, 9.17) is 0 Å². The van der Waals surface area contributed by atoms with E-state index in [-0.39, 0.29) is 0 Å². The van der Waals surface area contributed by atoms with Crippen LogP contribution in [-0.2, 0) is 6.54 Å². The number of hydrogen-bond donors (Lipinski definition) is 1. The van der Waals surface area contributed by atoms with Gasteiger partial charge >= 0.3 is 0 Å². The third-order valence-corrected chi connectivity index (χ3v) is 2.80. The molecule has 0 amide bonds. The number of nitrogens with zero attached hydrogens (tertiary/aromatic N) is 1. The smallest absolute Gasteiger partial charge is 0.0623 e. The predicted molar refractivity (Wildman–Crippen MR) is 72.2 cm³/mol. The number of anilines is 1. The molecule has 0 aliphatic heterocycles. The lowest BCUT2D eigenvalue weighted by molar-refractivity contribution is 1.02. The summed E-state index contributed by atoms with van der Waals surface area (Å²) in [6.45, 7) is 7.09. The fraction of sp³-hybridized carbons (Fsp3) is 0.267. The Bertz CT molecular complexity index is 498. The molecule has 0 unspecified atom stereocenters. The number of nitrogens with one attached hydrogen (secondary N) is 1. The number of benzene rings is 1. The Morgan fingerprint density at radius 3 is 2.41 bits per heavy atom. The Hall–Kier alpha value is -1.83. The van der Waals surface area contributed by atoms with Crippen molar-refractivity contribution in [3.8, 4) is 0 Å². The molecule has 2 aromatic rings. The molecular weight excluding hydrogens is 208 g/mol. The van der Waals surface area contributed by atoms with Crippen LogP contribution < -0.4 is 5.32 Å². The van der Waals surface area contributed by atoms with Crippen LogP contribution in [0, 0.1) is 20.8 Å². The van der Waals surface area contributed by atoms with Crippen LogP contribution in [0.4, 0.5) is 5.69 Å². The van der Waals surface area contributed by atoms with Crippen LogP contribution in [0.25, 0.3) is 0 Å². The Balaban J connectivity index is 2.10. The van der Waals surface area contributed by atoms with Crippen molar-refractivity contribution < 1.29 is 0 Å². The van der Waals surface area contributed by atoms with Crippen molar-refractivity contribution in [2.24, 2.45) is 0 Å². The average molecular weight is 226 g/mol. The maximum Gasteiger partial charge on any atom is 0.0623 e. The molecule has 0 saturated heterocycles. The van der Waals surface area contributed by atoms with Gasteiger partial charge in [0.1, 0.15) is 0 Å². The highest BCUT2D eigenvalue weighted by Gasteiger charge is 1.99. The zero-order valence-corrected chi connectivity index (χ0v) is 10.6. The number of hydrogen-bond acceptors (Lipinski definition) is 2. The molecule has 0 aliphatic carbocycles. The van der Waals surface area contributed by atoms with E-state index in [9.17, 15) is 0 Å². The van der Waals surface area contributed by atoms with E-state index >= 15 is 0 Å². The second kappa shape index (κ2) is 5.00. The summed E-state index contributed by atoms with van der Waals surface area (Å²) in [5.41, 5.74) is 6.05. The molecule has 2 nitrogen and oxygen atoms in total. The minimum absolute atomic E-state index is 0.773. The quantitative estimate of drug-likeness (QED) is 0.864. The number of aryl methyl sites for hydroxylation is 3. The molecule has 0 radical (unpaired) electrons. The minimum atomic E-state index is 0.773. The standard InChI is InChI=1S/C15H18N2/c1-11-7-12(2)9-14(8-11)17-10-15-13(3)5-4-6-16-15/h4-9,17H,10H2,1-3H3. The predicted octanol–water partition coefficient (Wildman–Crippen LogP) is 3.62. The molecule has 17 heavy (non-hydrogen) atoms. The number of rotatable bonds is 3. The largest absolute Gasteiger partial charge is 0.379 e. The summed E-state index contributed by atoms with van der Waals surface area (Å²) < 4.78 is 0. The van der Waals surface area contributed by atoms with Gasteiger partial charge in [-0.1, -0.05) is 12.1 Å². The molecule has 88 valence electrons. The maximum absolute atomic E-state index is 4.38. The highest BCUT2D eigenvalue weighted by Crippen LogP contribution is 2.15. The van der Waals surface area contributed by atoms with Gasteiger partial charge < -0.3 is 5.32 Å². The van der Waals surface area contributed by atoms with Gasteiger partial charge in [0.15, 0.2) is 0 Å². The van der Waals surface area contributed by atoms with Crippen molar-refractivity contribution in [2.75, 3.05) is 5.32 Å². The number of aromatic nitrogens is 1. The van der Waals surface area contributed by atoms with E-state index < -0.39 is 0 Å². The van der Waals surface area contributed by atoms with Crippen molar-refractivity contribution in [3.63, 3.8) is 0 Å². The lowest BCUT2D eigenvalue weighted by Crippen LogP contribution is -2.03. The van der Waals surface area contributed by atoms with E-state index in [0.717, 1.165) is 17.9 Å². The Morgan fingerprint density at radius 2 is 1.76 bits per heavy atom. The van der Waals surface area contributed by atoms with Gasteiger partial charge in [0.2, 0.25) is 0 Å². The van der Waals surface area contributed by atoms with Gasteiger partial charge in [0.05, 0.1) is 12.2 Å². The van der Waals surface area contributed by atoms with Crippen LogP contribution in [0.15, 0.2) is 36.5 Å². The van der Waals surface area contributed by atoms with Crippen LogP contribution in [0.2, 0.25) is 0 Å². The van der Waals surface area contributed by atoms with Gasteiger partial charge in [-0.05, 0) is 55.7 Å². The first kappa shape index (κ1) is 11.6. The first-order chi connectivity index (χ1) is 8.15. The van der Waals surface area contributed by atoms with Gasteiger partial charge in [0, 0.05) is 11.9 Å². The Morgan fingerprint density at radius 1 is 1.06 bits per heavy atom. The van der Waals surface area contributed by atoms with E-state index in [1.54, 1.807) is 0 Å². The Labute approximate surface area is 103 Å². The van der Waals surface area contributed by atoms with E-state index in [0.29, 0.717) is 0 Å². The molecule has 0 atom stereocenters. The fourth-order valence-corrected chi connectivity index (χ4v) is 1.97. The SMILES string of the molecule is Cc1cc(C)cc(NCc2ncccc2C)c1. The van der Waals surface area contributed by atoms with E-state index in [1.165, 1.54) is 16.7 Å². The van der Waals surface area contributed by atoms with Crippen molar-refractivity contribution in [2.45, 2.75) is 27.3 Å². The molecular formula is C15H18N2. The minimum Gasteiger partial charge on any atom is -0.379 e. The van der Waals surface area contributed by atoms with Gasteiger partial charge in [0.25, 0.3) is 0 Å². The first-order valence-corrected chi connectivity index (χ1v) is 5.88. The molecule has 1 aromatic heterocycles. The summed E-state index contributed by atoms with van der Waals surface area (Å²) in [5.74, 6) is 0.